The minimum Gasteiger partial charge on any atom is -0.504 e. The Labute approximate surface area is 86.7 Å². The number of phenols is 1. The van der Waals surface area contributed by atoms with Crippen LogP contribution in [0.15, 0.2) is 30.3 Å². The second-order valence-corrected chi connectivity index (χ2v) is 3.45. The number of halogens is 1. The standard InChI is InChI=1S/C11H9ClO2/c1-14-11-6-7-2-3-9(12)4-8(7)5-10(11)13/h2-6,13H,1H3. The van der Waals surface area contributed by atoms with Crippen molar-refractivity contribution in [3.8, 4) is 11.5 Å². The molecule has 0 radical (unpaired) electrons. The van der Waals surface area contributed by atoms with Crippen molar-refractivity contribution in [1.82, 2.24) is 0 Å². The molecule has 0 heterocycles. The first kappa shape index (κ1) is 9.16. The molecule has 0 atom stereocenters. The highest BCUT2D eigenvalue weighted by Crippen LogP contribution is 2.32. The normalized spacial score (nSPS) is 10.4. The lowest BCUT2D eigenvalue weighted by Crippen LogP contribution is -1.83. The molecule has 0 spiro atoms. The molecule has 2 rings (SSSR count). The monoisotopic (exact) mass is 208 g/mol. The molecule has 14 heavy (non-hydrogen) atoms. The predicted molar refractivity (Wildman–Crippen MR) is 57.2 cm³/mol. The van der Waals surface area contributed by atoms with Crippen LogP contribution in [-0.2, 0) is 0 Å². The van der Waals surface area contributed by atoms with Gasteiger partial charge < -0.3 is 9.84 Å². The van der Waals surface area contributed by atoms with E-state index in [-0.39, 0.29) is 5.75 Å². The summed E-state index contributed by atoms with van der Waals surface area (Å²) in [5.74, 6) is 0.599. The summed E-state index contributed by atoms with van der Waals surface area (Å²) in [5, 5.41) is 12.1. The van der Waals surface area contributed by atoms with Crippen LogP contribution in [0, 0.1) is 0 Å². The third kappa shape index (κ3) is 1.49. The third-order valence-electron chi connectivity index (χ3n) is 2.10. The van der Waals surface area contributed by atoms with Gasteiger partial charge in [0.15, 0.2) is 11.5 Å². The van der Waals surface area contributed by atoms with Crippen molar-refractivity contribution >= 4 is 22.4 Å². The fraction of sp³-hybridized carbons (Fsp3) is 0.0909. The molecule has 2 nitrogen and oxygen atoms in total. The van der Waals surface area contributed by atoms with Gasteiger partial charge in [0.1, 0.15) is 0 Å². The Morgan fingerprint density at radius 1 is 1.14 bits per heavy atom. The van der Waals surface area contributed by atoms with Crippen molar-refractivity contribution in [3.05, 3.63) is 35.4 Å². The van der Waals surface area contributed by atoms with Gasteiger partial charge in [-0.25, -0.2) is 0 Å². The lowest BCUT2D eigenvalue weighted by atomic mass is 10.1. The Morgan fingerprint density at radius 2 is 1.93 bits per heavy atom. The Morgan fingerprint density at radius 3 is 2.64 bits per heavy atom. The highest BCUT2D eigenvalue weighted by atomic mass is 35.5. The third-order valence-corrected chi connectivity index (χ3v) is 2.34. The second kappa shape index (κ2) is 3.39. The summed E-state index contributed by atoms with van der Waals surface area (Å²) in [5.41, 5.74) is 0. The van der Waals surface area contributed by atoms with Crippen LogP contribution in [0.25, 0.3) is 10.8 Å². The highest BCUT2D eigenvalue weighted by molar-refractivity contribution is 6.31. The number of hydrogen-bond acceptors (Lipinski definition) is 2. The SMILES string of the molecule is COc1cc2ccc(Cl)cc2cc1O. The first-order chi connectivity index (χ1) is 6.70. The van der Waals surface area contributed by atoms with Crippen molar-refractivity contribution in [1.29, 1.82) is 0 Å². The fourth-order valence-corrected chi connectivity index (χ4v) is 1.58. The van der Waals surface area contributed by atoms with E-state index in [9.17, 15) is 5.11 Å². The molecule has 72 valence electrons. The van der Waals surface area contributed by atoms with Gasteiger partial charge in [-0.15, -0.1) is 0 Å². The van der Waals surface area contributed by atoms with Gasteiger partial charge in [-0.2, -0.15) is 0 Å². The van der Waals surface area contributed by atoms with Crippen LogP contribution in [0.1, 0.15) is 0 Å². The number of fused-ring (bicyclic) bond motifs is 1. The van der Waals surface area contributed by atoms with Gasteiger partial charge in [0.25, 0.3) is 0 Å². The molecular weight excluding hydrogens is 200 g/mol. The van der Waals surface area contributed by atoms with E-state index in [0.717, 1.165) is 10.8 Å². The molecule has 2 aromatic rings. The molecule has 0 aromatic heterocycles. The summed E-state index contributed by atoms with van der Waals surface area (Å²) in [7, 11) is 1.52. The fourth-order valence-electron chi connectivity index (χ4n) is 1.40. The summed E-state index contributed by atoms with van der Waals surface area (Å²) >= 11 is 5.83. The second-order valence-electron chi connectivity index (χ2n) is 3.02. The maximum absolute atomic E-state index is 9.53. The average molecular weight is 209 g/mol. The average Bonchev–Trinajstić information content (AvgIpc) is 2.16. The molecule has 0 aliphatic heterocycles. The molecule has 0 aliphatic rings. The lowest BCUT2D eigenvalue weighted by molar-refractivity contribution is 0.374. The van der Waals surface area contributed by atoms with Gasteiger partial charge in [0, 0.05) is 5.02 Å². The van der Waals surface area contributed by atoms with Crippen LogP contribution in [0.3, 0.4) is 0 Å². The Balaban J connectivity index is 2.73. The zero-order chi connectivity index (χ0) is 10.1. The Hall–Kier alpha value is -1.41. The number of hydrogen-bond donors (Lipinski definition) is 1. The van der Waals surface area contributed by atoms with Crippen LogP contribution in [0.4, 0.5) is 0 Å². The van der Waals surface area contributed by atoms with Crippen molar-refractivity contribution in [2.45, 2.75) is 0 Å². The molecule has 0 fully saturated rings. The molecule has 0 saturated carbocycles. The number of aromatic hydroxyl groups is 1. The van der Waals surface area contributed by atoms with Gasteiger partial charge in [0.05, 0.1) is 7.11 Å². The van der Waals surface area contributed by atoms with Gasteiger partial charge in [-0.1, -0.05) is 17.7 Å². The minimum atomic E-state index is 0.127. The quantitative estimate of drug-likeness (QED) is 0.780. The number of ether oxygens (including phenoxy) is 1. The van der Waals surface area contributed by atoms with Crippen molar-refractivity contribution < 1.29 is 9.84 Å². The van der Waals surface area contributed by atoms with Crippen LogP contribution in [0.5, 0.6) is 11.5 Å². The van der Waals surface area contributed by atoms with E-state index in [2.05, 4.69) is 0 Å². The summed E-state index contributed by atoms with van der Waals surface area (Å²) < 4.78 is 5.00. The first-order valence-corrected chi connectivity index (χ1v) is 4.55. The first-order valence-electron chi connectivity index (χ1n) is 4.17. The smallest absolute Gasteiger partial charge is 0.161 e. The number of methoxy groups -OCH3 is 1. The van der Waals surface area contributed by atoms with Crippen molar-refractivity contribution in [2.24, 2.45) is 0 Å². The van der Waals surface area contributed by atoms with E-state index < -0.39 is 0 Å². The van der Waals surface area contributed by atoms with E-state index in [1.54, 1.807) is 24.3 Å². The predicted octanol–water partition coefficient (Wildman–Crippen LogP) is 3.21. The maximum atomic E-state index is 9.53. The van der Waals surface area contributed by atoms with Crippen LogP contribution < -0.4 is 4.74 Å². The number of phenolic OH excluding ortho intramolecular Hbond substituents is 1. The number of benzene rings is 2. The maximum Gasteiger partial charge on any atom is 0.161 e. The molecule has 1 N–H and O–H groups in total. The topological polar surface area (TPSA) is 29.5 Å². The zero-order valence-electron chi connectivity index (χ0n) is 7.62. The van der Waals surface area contributed by atoms with Crippen LogP contribution >= 0.6 is 11.6 Å². The molecular formula is C11H9ClO2. The van der Waals surface area contributed by atoms with Gasteiger partial charge in [0.2, 0.25) is 0 Å². The van der Waals surface area contributed by atoms with Crippen LogP contribution in [-0.4, -0.2) is 12.2 Å². The molecule has 0 saturated heterocycles. The zero-order valence-corrected chi connectivity index (χ0v) is 8.38. The van der Waals surface area contributed by atoms with Crippen molar-refractivity contribution in [3.63, 3.8) is 0 Å². The van der Waals surface area contributed by atoms with E-state index in [1.165, 1.54) is 7.11 Å². The molecule has 0 aliphatic carbocycles. The summed E-state index contributed by atoms with van der Waals surface area (Å²) in [6.45, 7) is 0. The van der Waals surface area contributed by atoms with E-state index >= 15 is 0 Å². The van der Waals surface area contributed by atoms with Gasteiger partial charge in [-0.05, 0) is 35.0 Å². The largest absolute Gasteiger partial charge is 0.504 e. The lowest BCUT2D eigenvalue weighted by Gasteiger charge is -2.05. The molecule has 0 bridgehead atoms. The molecule has 0 amide bonds. The summed E-state index contributed by atoms with van der Waals surface area (Å²) in [6.07, 6.45) is 0. The van der Waals surface area contributed by atoms with Crippen LogP contribution in [0.2, 0.25) is 5.02 Å². The molecule has 2 aromatic carbocycles. The minimum absolute atomic E-state index is 0.127. The van der Waals surface area contributed by atoms with Gasteiger partial charge >= 0.3 is 0 Å². The molecule has 3 heteroatoms. The summed E-state index contributed by atoms with van der Waals surface area (Å²) in [6, 6.07) is 8.91. The molecule has 0 unspecified atom stereocenters. The van der Waals surface area contributed by atoms with E-state index in [1.807, 2.05) is 6.07 Å². The number of rotatable bonds is 1. The van der Waals surface area contributed by atoms with E-state index in [4.69, 9.17) is 16.3 Å². The van der Waals surface area contributed by atoms with E-state index in [0.29, 0.717) is 10.8 Å². The summed E-state index contributed by atoms with van der Waals surface area (Å²) in [4.78, 5) is 0. The van der Waals surface area contributed by atoms with Crippen molar-refractivity contribution in [2.75, 3.05) is 7.11 Å². The Kier molecular flexibility index (Phi) is 2.22. The Bertz CT molecular complexity index is 480. The van der Waals surface area contributed by atoms with Gasteiger partial charge in [-0.3, -0.25) is 0 Å². The highest BCUT2D eigenvalue weighted by Gasteiger charge is 2.03.